The SMILES string of the molecule is C=C/C=C\c1c(C)c(CC(=O)C=C)cc2ccccc12. The van der Waals surface area contributed by atoms with Crippen LogP contribution in [0.25, 0.3) is 16.8 Å². The van der Waals surface area contributed by atoms with Crippen LogP contribution in [0.1, 0.15) is 16.7 Å². The summed E-state index contributed by atoms with van der Waals surface area (Å²) in [5, 5.41) is 2.34. The van der Waals surface area contributed by atoms with Crippen LogP contribution in [0.15, 0.2) is 61.7 Å². The van der Waals surface area contributed by atoms with E-state index >= 15 is 0 Å². The molecule has 0 fully saturated rings. The number of hydrogen-bond acceptors (Lipinski definition) is 1. The number of benzene rings is 2. The minimum Gasteiger partial charge on any atom is -0.295 e. The molecule has 0 heterocycles. The molecule has 20 heavy (non-hydrogen) atoms. The Bertz CT molecular complexity index is 705. The van der Waals surface area contributed by atoms with Crippen molar-refractivity contribution in [3.05, 3.63) is 78.4 Å². The van der Waals surface area contributed by atoms with Gasteiger partial charge in [-0.05, 0) is 40.5 Å². The van der Waals surface area contributed by atoms with Gasteiger partial charge in [0.05, 0.1) is 0 Å². The monoisotopic (exact) mass is 262 g/mol. The molecule has 0 bridgehead atoms. The highest BCUT2D eigenvalue weighted by molar-refractivity contribution is 5.96. The summed E-state index contributed by atoms with van der Waals surface area (Å²) < 4.78 is 0. The summed E-state index contributed by atoms with van der Waals surface area (Å²) >= 11 is 0. The van der Waals surface area contributed by atoms with E-state index < -0.39 is 0 Å². The zero-order valence-electron chi connectivity index (χ0n) is 11.7. The van der Waals surface area contributed by atoms with Crippen LogP contribution in [0.3, 0.4) is 0 Å². The first-order valence-corrected chi connectivity index (χ1v) is 6.63. The molecule has 0 aliphatic rings. The third kappa shape index (κ3) is 2.77. The van der Waals surface area contributed by atoms with Gasteiger partial charge in [-0.25, -0.2) is 0 Å². The normalized spacial score (nSPS) is 10.8. The Kier molecular flexibility index (Phi) is 4.31. The molecule has 0 unspecified atom stereocenters. The van der Waals surface area contributed by atoms with Crippen molar-refractivity contribution in [1.29, 1.82) is 0 Å². The fourth-order valence-electron chi connectivity index (χ4n) is 2.36. The lowest BCUT2D eigenvalue weighted by Gasteiger charge is -2.12. The molecule has 0 aliphatic heterocycles. The molecule has 2 aromatic rings. The molecule has 0 aliphatic carbocycles. The van der Waals surface area contributed by atoms with Crippen molar-refractivity contribution >= 4 is 22.6 Å². The Morgan fingerprint density at radius 2 is 2.00 bits per heavy atom. The molecule has 0 saturated heterocycles. The highest BCUT2D eigenvalue weighted by atomic mass is 16.1. The van der Waals surface area contributed by atoms with Gasteiger partial charge in [-0.2, -0.15) is 0 Å². The van der Waals surface area contributed by atoms with Gasteiger partial charge in [-0.1, -0.05) is 61.7 Å². The lowest BCUT2D eigenvalue weighted by atomic mass is 9.92. The summed E-state index contributed by atoms with van der Waals surface area (Å²) in [6, 6.07) is 10.3. The Morgan fingerprint density at radius 3 is 2.70 bits per heavy atom. The minimum atomic E-state index is 0.0435. The largest absolute Gasteiger partial charge is 0.295 e. The van der Waals surface area contributed by atoms with Crippen molar-refractivity contribution in [2.45, 2.75) is 13.3 Å². The van der Waals surface area contributed by atoms with Crippen LogP contribution in [0.4, 0.5) is 0 Å². The van der Waals surface area contributed by atoms with Gasteiger partial charge in [0, 0.05) is 6.42 Å². The minimum absolute atomic E-state index is 0.0435. The first-order valence-electron chi connectivity index (χ1n) is 6.63. The summed E-state index contributed by atoms with van der Waals surface area (Å²) in [5.41, 5.74) is 3.34. The van der Waals surface area contributed by atoms with Crippen LogP contribution in [0.2, 0.25) is 0 Å². The van der Waals surface area contributed by atoms with Crippen molar-refractivity contribution in [3.8, 4) is 0 Å². The molecule has 1 nitrogen and oxygen atoms in total. The van der Waals surface area contributed by atoms with E-state index in [-0.39, 0.29) is 5.78 Å². The fraction of sp³-hybridized carbons (Fsp3) is 0.105. The van der Waals surface area contributed by atoms with Crippen LogP contribution in [-0.4, -0.2) is 5.78 Å². The second kappa shape index (κ2) is 6.16. The van der Waals surface area contributed by atoms with Crippen LogP contribution >= 0.6 is 0 Å². The number of fused-ring (bicyclic) bond motifs is 1. The van der Waals surface area contributed by atoms with E-state index in [2.05, 4.69) is 38.3 Å². The number of carbonyl (C=O) groups is 1. The van der Waals surface area contributed by atoms with Gasteiger partial charge in [-0.3, -0.25) is 4.79 Å². The first kappa shape index (κ1) is 14.0. The first-order chi connectivity index (χ1) is 9.67. The van der Waals surface area contributed by atoms with Gasteiger partial charge in [0.2, 0.25) is 0 Å². The molecule has 0 amide bonds. The summed E-state index contributed by atoms with van der Waals surface area (Å²) in [5.74, 6) is 0.0435. The maximum atomic E-state index is 11.6. The summed E-state index contributed by atoms with van der Waals surface area (Å²) in [7, 11) is 0. The molecule has 1 heteroatoms. The number of rotatable bonds is 5. The van der Waals surface area contributed by atoms with E-state index in [9.17, 15) is 4.79 Å². The standard InChI is InChI=1S/C19H18O/c1-4-6-10-18-14(3)16(13-17(20)5-2)12-15-9-7-8-11-19(15)18/h4-12H,1-2,13H2,3H3/b10-6-. The quantitative estimate of drug-likeness (QED) is 0.566. The van der Waals surface area contributed by atoms with E-state index in [0.717, 1.165) is 22.1 Å². The van der Waals surface area contributed by atoms with E-state index in [0.29, 0.717) is 6.42 Å². The number of carbonyl (C=O) groups excluding carboxylic acids is 1. The second-order valence-corrected chi connectivity index (χ2v) is 4.74. The number of allylic oxidation sites excluding steroid dienone is 3. The molecule has 0 saturated carbocycles. The molecule has 0 N–H and O–H groups in total. The number of hydrogen-bond donors (Lipinski definition) is 0. The predicted octanol–water partition coefficient (Wildman–Crippen LogP) is 4.65. The molecular formula is C19H18O. The molecule has 2 aromatic carbocycles. The fourth-order valence-corrected chi connectivity index (χ4v) is 2.36. The molecule has 100 valence electrons. The Balaban J connectivity index is 2.68. The average molecular weight is 262 g/mol. The Labute approximate surface area is 119 Å². The zero-order chi connectivity index (χ0) is 14.5. The van der Waals surface area contributed by atoms with Crippen LogP contribution in [0.5, 0.6) is 0 Å². The molecular weight excluding hydrogens is 244 g/mol. The second-order valence-electron chi connectivity index (χ2n) is 4.74. The van der Waals surface area contributed by atoms with Crippen molar-refractivity contribution in [2.24, 2.45) is 0 Å². The van der Waals surface area contributed by atoms with Gasteiger partial charge in [-0.15, -0.1) is 0 Å². The van der Waals surface area contributed by atoms with Crippen molar-refractivity contribution in [3.63, 3.8) is 0 Å². The van der Waals surface area contributed by atoms with Gasteiger partial charge < -0.3 is 0 Å². The van der Waals surface area contributed by atoms with Crippen molar-refractivity contribution in [1.82, 2.24) is 0 Å². The smallest absolute Gasteiger partial charge is 0.159 e. The lowest BCUT2D eigenvalue weighted by molar-refractivity contribution is -0.114. The molecule has 0 radical (unpaired) electrons. The topological polar surface area (TPSA) is 17.1 Å². The summed E-state index contributed by atoms with van der Waals surface area (Å²) in [6.45, 7) is 9.32. The van der Waals surface area contributed by atoms with Crippen LogP contribution in [-0.2, 0) is 11.2 Å². The summed E-state index contributed by atoms with van der Waals surface area (Å²) in [4.78, 5) is 11.6. The zero-order valence-corrected chi connectivity index (χ0v) is 11.7. The molecule has 2 rings (SSSR count). The van der Waals surface area contributed by atoms with Crippen LogP contribution in [0, 0.1) is 6.92 Å². The molecule has 0 atom stereocenters. The van der Waals surface area contributed by atoms with Crippen LogP contribution < -0.4 is 0 Å². The lowest BCUT2D eigenvalue weighted by Crippen LogP contribution is -2.02. The average Bonchev–Trinajstić information content (AvgIpc) is 2.47. The molecule has 0 aromatic heterocycles. The maximum Gasteiger partial charge on any atom is 0.159 e. The number of ketones is 1. The molecule has 0 spiro atoms. The maximum absolute atomic E-state index is 11.6. The van der Waals surface area contributed by atoms with E-state index in [4.69, 9.17) is 0 Å². The summed E-state index contributed by atoms with van der Waals surface area (Å²) in [6.07, 6.45) is 7.51. The third-order valence-corrected chi connectivity index (χ3v) is 3.46. The third-order valence-electron chi connectivity index (χ3n) is 3.46. The Morgan fingerprint density at radius 1 is 1.25 bits per heavy atom. The van der Waals surface area contributed by atoms with Gasteiger partial charge in [0.25, 0.3) is 0 Å². The van der Waals surface area contributed by atoms with Gasteiger partial charge >= 0.3 is 0 Å². The van der Waals surface area contributed by atoms with E-state index in [1.807, 2.05) is 24.3 Å². The van der Waals surface area contributed by atoms with Crippen molar-refractivity contribution < 1.29 is 4.79 Å². The van der Waals surface area contributed by atoms with Gasteiger partial charge in [0.1, 0.15) is 0 Å². The predicted molar refractivity (Wildman–Crippen MR) is 86.8 cm³/mol. The van der Waals surface area contributed by atoms with Crippen molar-refractivity contribution in [2.75, 3.05) is 0 Å². The van der Waals surface area contributed by atoms with E-state index in [1.165, 1.54) is 11.5 Å². The van der Waals surface area contributed by atoms with E-state index in [1.54, 1.807) is 6.08 Å². The Hall–Kier alpha value is -2.41. The highest BCUT2D eigenvalue weighted by Crippen LogP contribution is 2.27. The highest BCUT2D eigenvalue weighted by Gasteiger charge is 2.09. The van der Waals surface area contributed by atoms with Gasteiger partial charge in [0.15, 0.2) is 5.78 Å².